The van der Waals surface area contributed by atoms with Crippen molar-refractivity contribution in [3.8, 4) is 0 Å². The summed E-state index contributed by atoms with van der Waals surface area (Å²) in [5, 5.41) is 16.3. The molecule has 3 rings (SSSR count). The third-order valence-electron chi connectivity index (χ3n) is 3.33. The molecule has 0 aliphatic carbocycles. The Labute approximate surface area is 105 Å². The summed E-state index contributed by atoms with van der Waals surface area (Å²) in [6.45, 7) is 2.53. The predicted octanol–water partition coefficient (Wildman–Crippen LogP) is 2.93. The van der Waals surface area contributed by atoms with Crippen molar-refractivity contribution in [1.82, 2.24) is 4.57 Å². The highest BCUT2D eigenvalue weighted by atomic mass is 16.5. The van der Waals surface area contributed by atoms with E-state index in [9.17, 15) is 0 Å². The number of hydrogen-bond acceptors (Lipinski definition) is 3. The molecule has 0 fully saturated rings. The number of para-hydroxylation sites is 1. The van der Waals surface area contributed by atoms with E-state index in [-0.39, 0.29) is 11.8 Å². The Morgan fingerprint density at radius 3 is 2.94 bits per heavy atom. The van der Waals surface area contributed by atoms with Crippen molar-refractivity contribution in [2.45, 2.75) is 26.3 Å². The lowest BCUT2D eigenvalue weighted by atomic mass is 10.0. The van der Waals surface area contributed by atoms with Crippen molar-refractivity contribution in [3.05, 3.63) is 35.5 Å². The second-order valence-electron chi connectivity index (χ2n) is 4.64. The van der Waals surface area contributed by atoms with E-state index in [4.69, 9.17) is 15.6 Å². The number of benzene rings is 1. The molecule has 1 aliphatic rings. The summed E-state index contributed by atoms with van der Waals surface area (Å²) in [6, 6.07) is 6.20. The molecule has 0 saturated heterocycles. The minimum atomic E-state index is 0.0481. The molecule has 0 unspecified atom stereocenters. The SMILES string of the molecule is CC(=N)OC(=N)c1cn2c3c(cccc13)CCC2. The van der Waals surface area contributed by atoms with Crippen molar-refractivity contribution in [2.24, 2.45) is 0 Å². The van der Waals surface area contributed by atoms with E-state index in [0.29, 0.717) is 0 Å². The van der Waals surface area contributed by atoms with Gasteiger partial charge in [-0.05, 0) is 18.4 Å². The molecule has 92 valence electrons. The van der Waals surface area contributed by atoms with Crippen LogP contribution in [0.15, 0.2) is 24.4 Å². The van der Waals surface area contributed by atoms with E-state index < -0.39 is 0 Å². The molecule has 4 heteroatoms. The molecule has 0 spiro atoms. The molecule has 4 nitrogen and oxygen atoms in total. The van der Waals surface area contributed by atoms with Crippen LogP contribution in [0.4, 0.5) is 0 Å². The van der Waals surface area contributed by atoms with Crippen LogP contribution in [-0.2, 0) is 17.7 Å². The smallest absolute Gasteiger partial charge is 0.223 e. The number of ether oxygens (including phenoxy) is 1. The fraction of sp³-hybridized carbons (Fsp3) is 0.286. The molecule has 0 radical (unpaired) electrons. The van der Waals surface area contributed by atoms with Crippen molar-refractivity contribution < 1.29 is 4.74 Å². The Balaban J connectivity index is 2.17. The number of aromatic nitrogens is 1. The Bertz CT molecular complexity index is 654. The molecule has 1 aromatic carbocycles. The summed E-state index contributed by atoms with van der Waals surface area (Å²) >= 11 is 0. The van der Waals surface area contributed by atoms with Gasteiger partial charge in [-0.25, -0.2) is 0 Å². The van der Waals surface area contributed by atoms with E-state index in [1.807, 2.05) is 18.3 Å². The summed E-state index contributed by atoms with van der Waals surface area (Å²) in [5.41, 5.74) is 3.33. The molecule has 2 heterocycles. The van der Waals surface area contributed by atoms with Crippen LogP contribution in [0.5, 0.6) is 0 Å². The third-order valence-corrected chi connectivity index (χ3v) is 3.33. The molecule has 2 aromatic rings. The first-order valence-corrected chi connectivity index (χ1v) is 6.09. The van der Waals surface area contributed by atoms with Gasteiger partial charge in [-0.3, -0.25) is 10.8 Å². The van der Waals surface area contributed by atoms with Gasteiger partial charge in [0.05, 0.1) is 11.1 Å². The van der Waals surface area contributed by atoms with Gasteiger partial charge in [0.1, 0.15) is 0 Å². The molecule has 2 N–H and O–H groups in total. The summed E-state index contributed by atoms with van der Waals surface area (Å²) in [5.74, 6) is 0.109. The fourth-order valence-electron chi connectivity index (χ4n) is 2.64. The van der Waals surface area contributed by atoms with Gasteiger partial charge in [-0.15, -0.1) is 0 Å². The Morgan fingerprint density at radius 1 is 1.33 bits per heavy atom. The van der Waals surface area contributed by atoms with Crippen LogP contribution in [0.3, 0.4) is 0 Å². The summed E-state index contributed by atoms with van der Waals surface area (Å²) in [4.78, 5) is 0. The van der Waals surface area contributed by atoms with Crippen LogP contribution in [0, 0.1) is 10.8 Å². The maximum atomic E-state index is 7.95. The average Bonchev–Trinajstić information content (AvgIpc) is 2.70. The maximum absolute atomic E-state index is 7.95. The zero-order valence-electron chi connectivity index (χ0n) is 10.3. The van der Waals surface area contributed by atoms with E-state index in [0.717, 1.165) is 30.3 Å². The molecule has 0 saturated carbocycles. The number of nitrogens with zero attached hydrogens (tertiary/aromatic N) is 1. The topological polar surface area (TPSA) is 61.9 Å². The molecular weight excluding hydrogens is 226 g/mol. The van der Waals surface area contributed by atoms with Gasteiger partial charge in [-0.1, -0.05) is 18.2 Å². The zero-order valence-corrected chi connectivity index (χ0v) is 10.3. The van der Waals surface area contributed by atoms with E-state index in [1.54, 1.807) is 0 Å². The minimum absolute atomic E-state index is 0.0481. The maximum Gasteiger partial charge on any atom is 0.223 e. The standard InChI is InChI=1S/C14H15N3O/c1-9(15)18-14(16)12-8-17-7-3-5-10-4-2-6-11(12)13(10)17/h2,4,6,8,15-16H,3,5,7H2,1H3. The molecule has 1 aromatic heterocycles. The Hall–Kier alpha value is -2.10. The quantitative estimate of drug-likeness (QED) is 0.585. The van der Waals surface area contributed by atoms with Crippen LogP contribution < -0.4 is 0 Å². The average molecular weight is 241 g/mol. The van der Waals surface area contributed by atoms with Crippen LogP contribution in [-0.4, -0.2) is 16.4 Å². The van der Waals surface area contributed by atoms with Gasteiger partial charge in [0.15, 0.2) is 5.90 Å². The highest BCUT2D eigenvalue weighted by molar-refractivity contribution is 6.09. The first-order chi connectivity index (χ1) is 8.66. The third kappa shape index (κ3) is 1.61. The Kier molecular flexibility index (Phi) is 2.44. The summed E-state index contributed by atoms with van der Waals surface area (Å²) in [6.07, 6.45) is 4.20. The van der Waals surface area contributed by atoms with Crippen LogP contribution in [0.1, 0.15) is 24.5 Å². The second kappa shape index (κ2) is 3.98. The largest absolute Gasteiger partial charge is 0.425 e. The Morgan fingerprint density at radius 2 is 2.17 bits per heavy atom. The van der Waals surface area contributed by atoms with Gasteiger partial charge in [0.2, 0.25) is 5.90 Å². The molecule has 0 amide bonds. The van der Waals surface area contributed by atoms with Crippen LogP contribution in [0.25, 0.3) is 10.9 Å². The highest BCUT2D eigenvalue weighted by Gasteiger charge is 2.18. The fourth-order valence-corrected chi connectivity index (χ4v) is 2.64. The zero-order chi connectivity index (χ0) is 12.7. The number of hydrogen-bond donors (Lipinski definition) is 2. The van der Waals surface area contributed by atoms with E-state index in [1.165, 1.54) is 18.0 Å². The monoisotopic (exact) mass is 241 g/mol. The lowest BCUT2D eigenvalue weighted by molar-refractivity contribution is 0.532. The first kappa shape index (κ1) is 11.0. The number of aryl methyl sites for hydroxylation is 2. The summed E-state index contributed by atoms with van der Waals surface area (Å²) < 4.78 is 7.31. The normalized spacial score (nSPS) is 13.6. The van der Waals surface area contributed by atoms with Gasteiger partial charge in [0, 0.05) is 25.1 Å². The van der Waals surface area contributed by atoms with E-state index >= 15 is 0 Å². The number of nitrogens with one attached hydrogen (secondary N) is 2. The second-order valence-corrected chi connectivity index (χ2v) is 4.64. The van der Waals surface area contributed by atoms with Crippen LogP contribution in [0.2, 0.25) is 0 Å². The molecule has 18 heavy (non-hydrogen) atoms. The molecule has 1 aliphatic heterocycles. The van der Waals surface area contributed by atoms with Crippen molar-refractivity contribution in [1.29, 1.82) is 10.8 Å². The molecule has 0 bridgehead atoms. The van der Waals surface area contributed by atoms with Crippen molar-refractivity contribution >= 4 is 22.7 Å². The van der Waals surface area contributed by atoms with Crippen LogP contribution >= 0.6 is 0 Å². The van der Waals surface area contributed by atoms with E-state index in [2.05, 4.69) is 10.6 Å². The molecule has 0 atom stereocenters. The highest BCUT2D eigenvalue weighted by Crippen LogP contribution is 2.29. The first-order valence-electron chi connectivity index (χ1n) is 6.09. The number of rotatable bonds is 1. The van der Waals surface area contributed by atoms with Gasteiger partial charge < -0.3 is 9.30 Å². The minimum Gasteiger partial charge on any atom is -0.425 e. The van der Waals surface area contributed by atoms with Crippen molar-refractivity contribution in [2.75, 3.05) is 0 Å². The lowest BCUT2D eigenvalue weighted by Crippen LogP contribution is -2.08. The van der Waals surface area contributed by atoms with Gasteiger partial charge in [-0.2, -0.15) is 0 Å². The van der Waals surface area contributed by atoms with Gasteiger partial charge >= 0.3 is 0 Å². The van der Waals surface area contributed by atoms with Crippen molar-refractivity contribution in [3.63, 3.8) is 0 Å². The molecular formula is C14H15N3O. The van der Waals surface area contributed by atoms with Gasteiger partial charge in [0.25, 0.3) is 0 Å². The lowest BCUT2D eigenvalue weighted by Gasteiger charge is -2.14. The summed E-state index contributed by atoms with van der Waals surface area (Å²) in [7, 11) is 0. The predicted molar refractivity (Wildman–Crippen MR) is 71.6 cm³/mol.